The summed E-state index contributed by atoms with van der Waals surface area (Å²) in [5, 5.41) is 9.70. The van der Waals surface area contributed by atoms with Gasteiger partial charge in [0.15, 0.2) is 0 Å². The summed E-state index contributed by atoms with van der Waals surface area (Å²) in [5.74, 6) is 1.43. The van der Waals surface area contributed by atoms with Crippen LogP contribution in [-0.4, -0.2) is 15.6 Å². The van der Waals surface area contributed by atoms with Crippen molar-refractivity contribution in [3.8, 4) is 12.3 Å². The van der Waals surface area contributed by atoms with Crippen molar-refractivity contribution in [1.29, 1.82) is 0 Å². The summed E-state index contributed by atoms with van der Waals surface area (Å²) in [6.45, 7) is 0.490. The van der Waals surface area contributed by atoms with Crippen LogP contribution in [0.15, 0.2) is 35.1 Å². The van der Waals surface area contributed by atoms with E-state index >= 15 is 0 Å². The Morgan fingerprint density at radius 3 is 2.79 bits per heavy atom. The van der Waals surface area contributed by atoms with Crippen LogP contribution in [0.5, 0.6) is 0 Å². The predicted octanol–water partition coefficient (Wildman–Crippen LogP) is 2.11. The van der Waals surface area contributed by atoms with E-state index in [-0.39, 0.29) is 11.1 Å². The van der Waals surface area contributed by atoms with Crippen molar-refractivity contribution >= 4 is 16.9 Å². The van der Waals surface area contributed by atoms with E-state index in [9.17, 15) is 9.59 Å². The fourth-order valence-electron chi connectivity index (χ4n) is 2.08. The maximum Gasteiger partial charge on any atom is 0.336 e. The molecule has 1 heterocycles. The highest BCUT2D eigenvalue weighted by molar-refractivity contribution is 6.02. The topological polar surface area (TPSA) is 59.3 Å². The lowest BCUT2D eigenvalue weighted by atomic mass is 10.1. The van der Waals surface area contributed by atoms with Crippen LogP contribution in [0, 0.1) is 12.3 Å². The molecule has 0 fully saturated rings. The number of hydrogen-bond acceptors (Lipinski definition) is 2. The summed E-state index contributed by atoms with van der Waals surface area (Å²) in [6, 6.07) is 8.16. The van der Waals surface area contributed by atoms with Gasteiger partial charge < -0.3 is 9.67 Å². The molecule has 0 aliphatic heterocycles. The van der Waals surface area contributed by atoms with Crippen molar-refractivity contribution in [3.05, 3.63) is 46.2 Å². The first-order valence-electron chi connectivity index (χ1n) is 5.94. The number of aromatic nitrogens is 1. The lowest BCUT2D eigenvalue weighted by Crippen LogP contribution is -2.22. The second kappa shape index (κ2) is 5.40. The molecule has 2 rings (SSSR count). The quantitative estimate of drug-likeness (QED) is 0.672. The van der Waals surface area contributed by atoms with Gasteiger partial charge in [0.05, 0.1) is 11.1 Å². The second-order valence-electron chi connectivity index (χ2n) is 4.18. The monoisotopic (exact) mass is 255 g/mol. The highest BCUT2D eigenvalue weighted by atomic mass is 16.4. The van der Waals surface area contributed by atoms with Gasteiger partial charge in [0.25, 0.3) is 5.56 Å². The molecule has 2 aromatic rings. The summed E-state index contributed by atoms with van der Waals surface area (Å²) >= 11 is 0. The van der Waals surface area contributed by atoms with Crippen LogP contribution in [0.1, 0.15) is 23.2 Å². The lowest BCUT2D eigenvalue weighted by Gasteiger charge is -2.11. The van der Waals surface area contributed by atoms with Crippen molar-refractivity contribution in [3.63, 3.8) is 0 Å². The van der Waals surface area contributed by atoms with Gasteiger partial charge >= 0.3 is 5.97 Å². The summed E-state index contributed by atoms with van der Waals surface area (Å²) in [4.78, 5) is 23.2. The molecule has 96 valence electrons. The highest BCUT2D eigenvalue weighted by Crippen LogP contribution is 2.17. The fourth-order valence-corrected chi connectivity index (χ4v) is 2.08. The van der Waals surface area contributed by atoms with Gasteiger partial charge in [0.2, 0.25) is 0 Å². The Labute approximate surface area is 110 Å². The molecule has 0 atom stereocenters. The van der Waals surface area contributed by atoms with Crippen LogP contribution in [0.2, 0.25) is 0 Å². The van der Waals surface area contributed by atoms with Crippen LogP contribution < -0.4 is 5.56 Å². The minimum atomic E-state index is -1.09. The molecule has 1 N–H and O–H groups in total. The Bertz CT molecular complexity index is 722. The average molecular weight is 255 g/mol. The molecule has 0 amide bonds. The zero-order valence-electron chi connectivity index (χ0n) is 10.3. The summed E-state index contributed by atoms with van der Waals surface area (Å²) < 4.78 is 1.57. The molecule has 1 aromatic carbocycles. The number of nitrogens with zero attached hydrogens (tertiary/aromatic N) is 1. The molecule has 0 radical (unpaired) electrons. The number of terminal acetylenes is 1. The third-order valence-corrected chi connectivity index (χ3v) is 2.95. The smallest absolute Gasteiger partial charge is 0.336 e. The molecule has 0 saturated heterocycles. The Morgan fingerprint density at radius 1 is 1.37 bits per heavy atom. The number of rotatable bonds is 4. The number of para-hydroxylation sites is 1. The Hall–Kier alpha value is -2.54. The number of unbranched alkanes of at least 4 members (excludes halogenated alkanes) is 1. The second-order valence-corrected chi connectivity index (χ2v) is 4.18. The number of hydrogen-bond donors (Lipinski definition) is 1. The van der Waals surface area contributed by atoms with E-state index in [1.807, 2.05) is 0 Å². The average Bonchev–Trinajstić information content (AvgIpc) is 2.40. The molecule has 0 bridgehead atoms. The van der Waals surface area contributed by atoms with E-state index in [0.717, 1.165) is 0 Å². The predicted molar refractivity (Wildman–Crippen MR) is 73.2 cm³/mol. The number of carbonyl (C=O) groups is 1. The van der Waals surface area contributed by atoms with Crippen LogP contribution in [-0.2, 0) is 6.54 Å². The highest BCUT2D eigenvalue weighted by Gasteiger charge is 2.12. The van der Waals surface area contributed by atoms with E-state index in [2.05, 4.69) is 5.92 Å². The molecule has 4 nitrogen and oxygen atoms in total. The van der Waals surface area contributed by atoms with Crippen molar-refractivity contribution < 1.29 is 9.90 Å². The molecule has 4 heteroatoms. The standard InChI is InChI=1S/C15H13NO3/c1-2-3-6-9-16-13-8-5-4-7-11(13)12(15(18)19)10-14(16)17/h1,4-5,7-8,10H,3,6,9H2,(H,18,19). The van der Waals surface area contributed by atoms with E-state index in [1.54, 1.807) is 28.8 Å². The Morgan fingerprint density at radius 2 is 2.11 bits per heavy atom. The Balaban J connectivity index is 2.63. The number of pyridine rings is 1. The molecule has 0 saturated carbocycles. The Kier molecular flexibility index (Phi) is 3.67. The van der Waals surface area contributed by atoms with Gasteiger partial charge in [-0.15, -0.1) is 12.3 Å². The van der Waals surface area contributed by atoms with Crippen LogP contribution in [0.4, 0.5) is 0 Å². The van der Waals surface area contributed by atoms with Gasteiger partial charge in [-0.25, -0.2) is 4.79 Å². The fraction of sp³-hybridized carbons (Fsp3) is 0.200. The third kappa shape index (κ3) is 2.50. The van der Waals surface area contributed by atoms with Crippen LogP contribution in [0.25, 0.3) is 10.9 Å². The first-order chi connectivity index (χ1) is 9.15. The summed E-state index contributed by atoms with van der Waals surface area (Å²) in [7, 11) is 0. The lowest BCUT2D eigenvalue weighted by molar-refractivity contribution is 0.0698. The van der Waals surface area contributed by atoms with Crippen molar-refractivity contribution in [2.45, 2.75) is 19.4 Å². The van der Waals surface area contributed by atoms with Gasteiger partial charge in [-0.2, -0.15) is 0 Å². The van der Waals surface area contributed by atoms with Gasteiger partial charge in [-0.3, -0.25) is 4.79 Å². The minimum absolute atomic E-state index is 0.0359. The number of carboxylic acid groups (broad SMARTS) is 1. The van der Waals surface area contributed by atoms with Gasteiger partial charge in [0.1, 0.15) is 0 Å². The molecule has 0 aliphatic rings. The molecular weight excluding hydrogens is 242 g/mol. The molecule has 0 aliphatic carbocycles. The van der Waals surface area contributed by atoms with Crippen molar-refractivity contribution in [1.82, 2.24) is 4.57 Å². The number of aromatic carboxylic acids is 1. The number of fused-ring (bicyclic) bond motifs is 1. The first-order valence-corrected chi connectivity index (χ1v) is 5.94. The zero-order chi connectivity index (χ0) is 13.8. The first kappa shape index (κ1) is 12.9. The summed E-state index contributed by atoms with van der Waals surface area (Å²) in [5.41, 5.74) is 0.353. The number of aryl methyl sites for hydroxylation is 1. The molecule has 0 spiro atoms. The van der Waals surface area contributed by atoms with Crippen LogP contribution >= 0.6 is 0 Å². The van der Waals surface area contributed by atoms with Crippen molar-refractivity contribution in [2.75, 3.05) is 0 Å². The molecule has 19 heavy (non-hydrogen) atoms. The van der Waals surface area contributed by atoms with Gasteiger partial charge in [0, 0.05) is 24.4 Å². The van der Waals surface area contributed by atoms with Gasteiger partial charge in [-0.05, 0) is 12.5 Å². The maximum atomic E-state index is 12.0. The number of benzene rings is 1. The SMILES string of the molecule is C#CCCCn1c(=O)cc(C(=O)O)c2ccccc21. The largest absolute Gasteiger partial charge is 0.478 e. The molecular formula is C15H13NO3. The number of carboxylic acids is 1. The van der Waals surface area contributed by atoms with E-state index < -0.39 is 5.97 Å². The minimum Gasteiger partial charge on any atom is -0.478 e. The zero-order valence-corrected chi connectivity index (χ0v) is 10.3. The van der Waals surface area contributed by atoms with Crippen LogP contribution in [0.3, 0.4) is 0 Å². The maximum absolute atomic E-state index is 12.0. The molecule has 0 unspecified atom stereocenters. The van der Waals surface area contributed by atoms with E-state index in [0.29, 0.717) is 30.3 Å². The van der Waals surface area contributed by atoms with Gasteiger partial charge in [-0.1, -0.05) is 18.2 Å². The normalized spacial score (nSPS) is 10.3. The van der Waals surface area contributed by atoms with E-state index in [4.69, 9.17) is 11.5 Å². The van der Waals surface area contributed by atoms with E-state index in [1.165, 1.54) is 6.07 Å². The third-order valence-electron chi connectivity index (χ3n) is 2.95. The summed E-state index contributed by atoms with van der Waals surface area (Å²) in [6.07, 6.45) is 6.46. The molecule has 1 aromatic heterocycles. The van der Waals surface area contributed by atoms with Crippen molar-refractivity contribution in [2.24, 2.45) is 0 Å².